The van der Waals surface area contributed by atoms with E-state index in [1.54, 1.807) is 4.90 Å². The van der Waals surface area contributed by atoms with E-state index in [-0.39, 0.29) is 11.8 Å². The molecule has 1 aliphatic heterocycles. The number of nitrogens with one attached hydrogen (secondary N) is 1. The monoisotopic (exact) mass is 368 g/mol. The molecule has 1 heterocycles. The zero-order valence-electron chi connectivity index (χ0n) is 15.2. The van der Waals surface area contributed by atoms with Crippen molar-refractivity contribution < 1.29 is 9.59 Å². The lowest BCUT2D eigenvalue weighted by molar-refractivity contribution is -0.145. The molecule has 4 nitrogen and oxygen atoms in total. The van der Waals surface area contributed by atoms with E-state index in [1.165, 1.54) is 11.8 Å². The molecule has 2 aromatic rings. The fraction of sp³-hybridized carbons (Fsp3) is 0.333. The van der Waals surface area contributed by atoms with Crippen LogP contribution in [0.25, 0.3) is 0 Å². The molecule has 0 spiro atoms. The molecule has 1 N–H and O–H groups in total. The van der Waals surface area contributed by atoms with Crippen molar-refractivity contribution in [3.8, 4) is 0 Å². The molecule has 0 saturated carbocycles. The first-order valence-electron chi connectivity index (χ1n) is 8.75. The van der Waals surface area contributed by atoms with Gasteiger partial charge in [0.1, 0.15) is 5.54 Å². The van der Waals surface area contributed by atoms with Gasteiger partial charge in [0.2, 0.25) is 11.8 Å². The predicted octanol–water partition coefficient (Wildman–Crippen LogP) is 3.15. The van der Waals surface area contributed by atoms with E-state index in [4.69, 9.17) is 0 Å². The van der Waals surface area contributed by atoms with Crippen molar-refractivity contribution in [2.75, 3.05) is 11.5 Å². The Morgan fingerprint density at radius 2 is 1.85 bits per heavy atom. The third kappa shape index (κ3) is 3.93. The second-order valence-electron chi connectivity index (χ2n) is 6.84. The minimum Gasteiger partial charge on any atom is -0.350 e. The zero-order chi connectivity index (χ0) is 18.6. The molecule has 0 aliphatic carbocycles. The second kappa shape index (κ2) is 7.96. The normalized spacial score (nSPS) is 20.1. The third-order valence-corrected chi connectivity index (χ3v) is 6.10. The molecule has 1 atom stereocenters. The van der Waals surface area contributed by atoms with E-state index in [0.717, 1.165) is 16.7 Å². The Balaban J connectivity index is 1.78. The molecule has 3 rings (SSSR count). The Hall–Kier alpha value is -2.27. The SMILES string of the molecule is Cc1ccccc1CN1C(=O)CSCC1(C)C(=O)NCc1ccccc1. The van der Waals surface area contributed by atoms with Crippen molar-refractivity contribution in [1.29, 1.82) is 0 Å². The van der Waals surface area contributed by atoms with Crippen molar-refractivity contribution in [2.45, 2.75) is 32.5 Å². The van der Waals surface area contributed by atoms with E-state index in [9.17, 15) is 9.59 Å². The van der Waals surface area contributed by atoms with Gasteiger partial charge in [0.25, 0.3) is 0 Å². The van der Waals surface area contributed by atoms with Gasteiger partial charge in [0.15, 0.2) is 0 Å². The zero-order valence-corrected chi connectivity index (χ0v) is 16.0. The van der Waals surface area contributed by atoms with Crippen LogP contribution in [0.2, 0.25) is 0 Å². The van der Waals surface area contributed by atoms with Crippen LogP contribution in [-0.4, -0.2) is 33.8 Å². The molecule has 136 valence electrons. The third-order valence-electron chi connectivity index (χ3n) is 4.88. The van der Waals surface area contributed by atoms with Gasteiger partial charge in [0.05, 0.1) is 5.75 Å². The molecule has 0 bridgehead atoms. The summed E-state index contributed by atoms with van der Waals surface area (Å²) in [6, 6.07) is 17.8. The van der Waals surface area contributed by atoms with Crippen molar-refractivity contribution in [3.63, 3.8) is 0 Å². The number of rotatable bonds is 5. The minimum absolute atomic E-state index is 0.0156. The number of hydrogen-bond donors (Lipinski definition) is 1. The summed E-state index contributed by atoms with van der Waals surface area (Å²) < 4.78 is 0. The van der Waals surface area contributed by atoms with E-state index in [2.05, 4.69) is 5.32 Å². The maximum atomic E-state index is 13.0. The minimum atomic E-state index is -0.850. The molecule has 0 radical (unpaired) electrons. The summed E-state index contributed by atoms with van der Waals surface area (Å²) in [6.45, 7) is 4.83. The van der Waals surface area contributed by atoms with Crippen LogP contribution < -0.4 is 5.32 Å². The summed E-state index contributed by atoms with van der Waals surface area (Å²) in [5.41, 5.74) is 2.40. The van der Waals surface area contributed by atoms with Crippen LogP contribution in [0.3, 0.4) is 0 Å². The molecular weight excluding hydrogens is 344 g/mol. The smallest absolute Gasteiger partial charge is 0.246 e. The Morgan fingerprint density at radius 3 is 2.58 bits per heavy atom. The molecular formula is C21H24N2O2S. The van der Waals surface area contributed by atoms with Gasteiger partial charge in [-0.05, 0) is 30.5 Å². The van der Waals surface area contributed by atoms with Crippen LogP contribution in [0.1, 0.15) is 23.6 Å². The fourth-order valence-corrected chi connectivity index (χ4v) is 4.26. The largest absolute Gasteiger partial charge is 0.350 e. The topological polar surface area (TPSA) is 49.4 Å². The van der Waals surface area contributed by atoms with Gasteiger partial charge in [-0.15, -0.1) is 11.8 Å². The van der Waals surface area contributed by atoms with Gasteiger partial charge >= 0.3 is 0 Å². The van der Waals surface area contributed by atoms with Crippen LogP contribution in [0, 0.1) is 6.92 Å². The quantitative estimate of drug-likeness (QED) is 0.882. The van der Waals surface area contributed by atoms with Crippen molar-refractivity contribution >= 4 is 23.6 Å². The molecule has 1 aliphatic rings. The number of hydrogen-bond acceptors (Lipinski definition) is 3. The summed E-state index contributed by atoms with van der Waals surface area (Å²) in [5, 5.41) is 3.01. The molecule has 1 unspecified atom stereocenters. The number of nitrogens with zero attached hydrogens (tertiary/aromatic N) is 1. The lowest BCUT2D eigenvalue weighted by Gasteiger charge is -2.43. The first-order chi connectivity index (χ1) is 12.5. The number of aryl methyl sites for hydroxylation is 1. The van der Waals surface area contributed by atoms with E-state index >= 15 is 0 Å². The molecule has 1 fully saturated rings. The van der Waals surface area contributed by atoms with E-state index in [0.29, 0.717) is 24.6 Å². The highest BCUT2D eigenvalue weighted by Crippen LogP contribution is 2.30. The van der Waals surface area contributed by atoms with E-state index < -0.39 is 5.54 Å². The number of amides is 2. The van der Waals surface area contributed by atoms with Crippen molar-refractivity contribution in [3.05, 3.63) is 71.3 Å². The maximum Gasteiger partial charge on any atom is 0.246 e. The Kier molecular flexibility index (Phi) is 5.67. The number of thioether (sulfide) groups is 1. The summed E-state index contributed by atoms with van der Waals surface area (Å²) in [6.07, 6.45) is 0. The summed E-state index contributed by atoms with van der Waals surface area (Å²) in [4.78, 5) is 27.4. The van der Waals surface area contributed by atoms with Crippen molar-refractivity contribution in [1.82, 2.24) is 10.2 Å². The van der Waals surface area contributed by atoms with Crippen LogP contribution in [0.4, 0.5) is 0 Å². The molecule has 2 amide bonds. The van der Waals surface area contributed by atoms with Gasteiger partial charge in [-0.25, -0.2) is 0 Å². The summed E-state index contributed by atoms with van der Waals surface area (Å²) in [7, 11) is 0. The van der Waals surface area contributed by atoms with Crippen LogP contribution >= 0.6 is 11.8 Å². The van der Waals surface area contributed by atoms with Crippen molar-refractivity contribution in [2.24, 2.45) is 0 Å². The van der Waals surface area contributed by atoms with Gasteiger partial charge < -0.3 is 10.2 Å². The molecule has 26 heavy (non-hydrogen) atoms. The maximum absolute atomic E-state index is 13.0. The van der Waals surface area contributed by atoms with Gasteiger partial charge in [-0.2, -0.15) is 0 Å². The van der Waals surface area contributed by atoms with Gasteiger partial charge in [0, 0.05) is 18.8 Å². The predicted molar refractivity (Wildman–Crippen MR) is 106 cm³/mol. The lowest BCUT2D eigenvalue weighted by Crippen LogP contribution is -2.62. The highest BCUT2D eigenvalue weighted by Gasteiger charge is 2.44. The Morgan fingerprint density at radius 1 is 1.15 bits per heavy atom. The average molecular weight is 369 g/mol. The number of carbonyl (C=O) groups excluding carboxylic acids is 2. The fourth-order valence-electron chi connectivity index (χ4n) is 3.15. The molecule has 2 aromatic carbocycles. The summed E-state index contributed by atoms with van der Waals surface area (Å²) in [5.74, 6) is 0.941. The number of benzene rings is 2. The second-order valence-corrected chi connectivity index (χ2v) is 7.83. The van der Waals surface area contributed by atoms with Gasteiger partial charge in [-0.3, -0.25) is 9.59 Å². The van der Waals surface area contributed by atoms with Crippen LogP contribution in [-0.2, 0) is 22.7 Å². The molecule has 1 saturated heterocycles. The van der Waals surface area contributed by atoms with Crippen LogP contribution in [0.15, 0.2) is 54.6 Å². The Labute approximate surface area is 159 Å². The van der Waals surface area contributed by atoms with E-state index in [1.807, 2.05) is 68.4 Å². The standard InChI is InChI=1S/C21H24N2O2S/c1-16-8-6-7-11-18(16)13-23-19(24)14-26-15-21(23,2)20(25)22-12-17-9-4-3-5-10-17/h3-11H,12-15H2,1-2H3,(H,22,25). The lowest BCUT2D eigenvalue weighted by atomic mass is 9.98. The molecule has 0 aromatic heterocycles. The summed E-state index contributed by atoms with van der Waals surface area (Å²) >= 11 is 1.53. The Bertz CT molecular complexity index is 794. The average Bonchev–Trinajstić information content (AvgIpc) is 2.65. The van der Waals surface area contributed by atoms with Crippen LogP contribution in [0.5, 0.6) is 0 Å². The highest BCUT2D eigenvalue weighted by atomic mass is 32.2. The highest BCUT2D eigenvalue weighted by molar-refractivity contribution is 8.00. The molecule has 5 heteroatoms. The van der Waals surface area contributed by atoms with Gasteiger partial charge in [-0.1, -0.05) is 54.6 Å². The number of carbonyl (C=O) groups is 2. The first-order valence-corrected chi connectivity index (χ1v) is 9.91. The first kappa shape index (κ1) is 18.5.